The minimum Gasteiger partial charge on any atom is -0.380 e. The second kappa shape index (κ2) is 5.76. The average molecular weight is 298 g/mol. The van der Waals surface area contributed by atoms with Gasteiger partial charge in [-0.3, -0.25) is 4.79 Å². The average Bonchev–Trinajstić information content (AvgIpc) is 2.68. The summed E-state index contributed by atoms with van der Waals surface area (Å²) >= 11 is 6.20. The maximum atomic E-state index is 12.2. The Morgan fingerprint density at radius 1 is 1.55 bits per heavy atom. The van der Waals surface area contributed by atoms with Crippen molar-refractivity contribution in [3.05, 3.63) is 21.6 Å². The highest BCUT2D eigenvalue weighted by Crippen LogP contribution is 2.38. The van der Waals surface area contributed by atoms with Gasteiger partial charge in [0.05, 0.1) is 11.9 Å². The lowest BCUT2D eigenvalue weighted by atomic mass is 9.92. The number of halogens is 1. The summed E-state index contributed by atoms with van der Waals surface area (Å²) in [5.74, 6) is 0.366. The molecule has 112 valence electrons. The van der Waals surface area contributed by atoms with Crippen LogP contribution in [0.5, 0.6) is 0 Å². The molecule has 0 aliphatic heterocycles. The zero-order chi connectivity index (χ0) is 14.9. The van der Waals surface area contributed by atoms with E-state index in [-0.39, 0.29) is 10.6 Å². The molecule has 1 N–H and O–H groups in total. The standard InChI is InChI=1S/C15H24ClN3O/c1-10(2)9-19-14(20)13(16)12(8-17-19)18-11-5-6-15(3,4)7-11/h8,10-11,18H,5-7,9H2,1-4H3. The molecule has 1 unspecified atom stereocenters. The highest BCUT2D eigenvalue weighted by molar-refractivity contribution is 6.32. The Hall–Kier alpha value is -1.03. The third kappa shape index (κ3) is 3.54. The molecule has 1 saturated carbocycles. The monoisotopic (exact) mass is 297 g/mol. The van der Waals surface area contributed by atoms with Crippen LogP contribution in [0.2, 0.25) is 5.02 Å². The summed E-state index contributed by atoms with van der Waals surface area (Å²) in [6.07, 6.45) is 5.08. The van der Waals surface area contributed by atoms with Crippen LogP contribution < -0.4 is 10.9 Å². The van der Waals surface area contributed by atoms with E-state index >= 15 is 0 Å². The minimum atomic E-state index is -0.206. The van der Waals surface area contributed by atoms with Crippen LogP contribution in [0.3, 0.4) is 0 Å². The van der Waals surface area contributed by atoms with E-state index in [0.29, 0.717) is 29.6 Å². The predicted octanol–water partition coefficient (Wildman–Crippen LogP) is 3.54. The molecule has 0 spiro atoms. The largest absolute Gasteiger partial charge is 0.380 e. The lowest BCUT2D eigenvalue weighted by Gasteiger charge is -2.19. The molecule has 0 saturated heterocycles. The summed E-state index contributed by atoms with van der Waals surface area (Å²) in [6.45, 7) is 9.24. The second-order valence-corrected chi connectivity index (χ2v) is 7.38. The van der Waals surface area contributed by atoms with Crippen LogP contribution in [-0.2, 0) is 6.54 Å². The Kier molecular flexibility index (Phi) is 4.43. The van der Waals surface area contributed by atoms with E-state index in [0.717, 1.165) is 12.8 Å². The van der Waals surface area contributed by atoms with Gasteiger partial charge in [-0.05, 0) is 30.6 Å². The van der Waals surface area contributed by atoms with Gasteiger partial charge in [-0.1, -0.05) is 39.3 Å². The highest BCUT2D eigenvalue weighted by Gasteiger charge is 2.31. The van der Waals surface area contributed by atoms with Crippen molar-refractivity contribution in [1.29, 1.82) is 0 Å². The quantitative estimate of drug-likeness (QED) is 0.924. The Labute approximate surface area is 125 Å². The lowest BCUT2D eigenvalue weighted by Crippen LogP contribution is -2.27. The van der Waals surface area contributed by atoms with E-state index in [4.69, 9.17) is 11.6 Å². The topological polar surface area (TPSA) is 46.9 Å². The summed E-state index contributed by atoms with van der Waals surface area (Å²) in [4.78, 5) is 12.2. The molecule has 0 amide bonds. The summed E-state index contributed by atoms with van der Waals surface area (Å²) in [6, 6.07) is 0.379. The van der Waals surface area contributed by atoms with Gasteiger partial charge in [0.25, 0.3) is 5.56 Å². The van der Waals surface area contributed by atoms with Crippen molar-refractivity contribution in [2.75, 3.05) is 5.32 Å². The molecule has 0 radical (unpaired) electrons. The molecule has 1 aliphatic rings. The summed E-state index contributed by atoms with van der Waals surface area (Å²) in [7, 11) is 0. The second-order valence-electron chi connectivity index (χ2n) is 7.00. The molecule has 5 heteroatoms. The van der Waals surface area contributed by atoms with Gasteiger partial charge in [-0.15, -0.1) is 0 Å². The number of nitrogens with zero attached hydrogens (tertiary/aromatic N) is 2. The Bertz CT molecular complexity index is 536. The molecule has 1 aromatic rings. The maximum Gasteiger partial charge on any atom is 0.287 e. The van der Waals surface area contributed by atoms with Crippen molar-refractivity contribution in [3.63, 3.8) is 0 Å². The van der Waals surface area contributed by atoms with Crippen LogP contribution in [0.1, 0.15) is 47.0 Å². The fraction of sp³-hybridized carbons (Fsp3) is 0.733. The molecule has 1 aromatic heterocycles. The Morgan fingerprint density at radius 2 is 2.25 bits per heavy atom. The summed E-state index contributed by atoms with van der Waals surface area (Å²) in [5, 5.41) is 7.85. The van der Waals surface area contributed by atoms with Gasteiger partial charge >= 0.3 is 0 Å². The van der Waals surface area contributed by atoms with Crippen LogP contribution in [0.15, 0.2) is 11.0 Å². The molecule has 1 heterocycles. The van der Waals surface area contributed by atoms with Crippen molar-refractivity contribution in [3.8, 4) is 0 Å². The Balaban J connectivity index is 2.14. The van der Waals surface area contributed by atoms with Crippen LogP contribution in [0.4, 0.5) is 5.69 Å². The van der Waals surface area contributed by atoms with Crippen molar-refractivity contribution in [1.82, 2.24) is 9.78 Å². The van der Waals surface area contributed by atoms with Crippen molar-refractivity contribution >= 4 is 17.3 Å². The van der Waals surface area contributed by atoms with Gasteiger partial charge in [0.2, 0.25) is 0 Å². The van der Waals surface area contributed by atoms with E-state index in [1.54, 1.807) is 6.20 Å². The molecule has 1 atom stereocenters. The van der Waals surface area contributed by atoms with Gasteiger partial charge in [0.15, 0.2) is 0 Å². The van der Waals surface area contributed by atoms with E-state index in [1.807, 2.05) is 0 Å². The number of hydrogen-bond donors (Lipinski definition) is 1. The van der Waals surface area contributed by atoms with Crippen LogP contribution in [-0.4, -0.2) is 15.8 Å². The fourth-order valence-electron chi connectivity index (χ4n) is 2.82. The lowest BCUT2D eigenvalue weighted by molar-refractivity contribution is 0.378. The van der Waals surface area contributed by atoms with Gasteiger partial charge < -0.3 is 5.32 Å². The zero-order valence-electron chi connectivity index (χ0n) is 12.7. The highest BCUT2D eigenvalue weighted by atomic mass is 35.5. The number of anilines is 1. The van der Waals surface area contributed by atoms with Crippen molar-refractivity contribution in [2.45, 2.75) is 59.5 Å². The van der Waals surface area contributed by atoms with Gasteiger partial charge in [0.1, 0.15) is 5.02 Å². The summed E-state index contributed by atoms with van der Waals surface area (Å²) in [5.41, 5.74) is 0.825. The molecular weight excluding hydrogens is 274 g/mol. The third-order valence-corrected chi connectivity index (χ3v) is 4.22. The molecule has 2 rings (SSSR count). The first-order valence-electron chi connectivity index (χ1n) is 7.31. The summed E-state index contributed by atoms with van der Waals surface area (Å²) < 4.78 is 1.44. The molecule has 1 fully saturated rings. The van der Waals surface area contributed by atoms with Crippen LogP contribution in [0.25, 0.3) is 0 Å². The van der Waals surface area contributed by atoms with Crippen molar-refractivity contribution in [2.24, 2.45) is 11.3 Å². The normalized spacial score (nSPS) is 21.4. The number of nitrogens with one attached hydrogen (secondary N) is 1. The zero-order valence-corrected chi connectivity index (χ0v) is 13.5. The molecule has 0 aromatic carbocycles. The first-order valence-corrected chi connectivity index (χ1v) is 7.68. The smallest absolute Gasteiger partial charge is 0.287 e. The van der Waals surface area contributed by atoms with Crippen molar-refractivity contribution < 1.29 is 0 Å². The first-order chi connectivity index (χ1) is 9.28. The van der Waals surface area contributed by atoms with E-state index < -0.39 is 0 Å². The van der Waals surface area contributed by atoms with Gasteiger partial charge in [0, 0.05) is 12.6 Å². The predicted molar refractivity (Wildman–Crippen MR) is 83.4 cm³/mol. The molecule has 4 nitrogen and oxygen atoms in total. The number of rotatable bonds is 4. The number of aromatic nitrogens is 2. The van der Waals surface area contributed by atoms with Gasteiger partial charge in [-0.25, -0.2) is 4.68 Å². The van der Waals surface area contributed by atoms with Gasteiger partial charge in [-0.2, -0.15) is 5.10 Å². The maximum absolute atomic E-state index is 12.2. The van der Waals surface area contributed by atoms with E-state index in [9.17, 15) is 4.79 Å². The third-order valence-electron chi connectivity index (χ3n) is 3.85. The SMILES string of the molecule is CC(C)Cn1ncc(NC2CCC(C)(C)C2)c(Cl)c1=O. The minimum absolute atomic E-state index is 0.206. The fourth-order valence-corrected chi connectivity index (χ4v) is 3.02. The number of hydrogen-bond acceptors (Lipinski definition) is 3. The molecule has 20 heavy (non-hydrogen) atoms. The molecule has 1 aliphatic carbocycles. The van der Waals surface area contributed by atoms with Crippen LogP contribution >= 0.6 is 11.6 Å². The van der Waals surface area contributed by atoms with E-state index in [1.165, 1.54) is 11.1 Å². The Morgan fingerprint density at radius 3 is 2.80 bits per heavy atom. The molecular formula is C15H24ClN3O. The first kappa shape index (κ1) is 15.4. The molecule has 0 bridgehead atoms. The van der Waals surface area contributed by atoms with E-state index in [2.05, 4.69) is 38.1 Å². The van der Waals surface area contributed by atoms with Crippen LogP contribution in [0, 0.1) is 11.3 Å².